The molecular weight excluding hydrogens is 415 g/mol. The lowest BCUT2D eigenvalue weighted by atomic mass is 10.0. The van der Waals surface area contributed by atoms with Gasteiger partial charge in [-0.2, -0.15) is 0 Å². The Balaban J connectivity index is 1.74. The van der Waals surface area contributed by atoms with Crippen molar-refractivity contribution in [2.24, 2.45) is 0 Å². The highest BCUT2D eigenvalue weighted by Gasteiger charge is 2.19. The number of nitrogens with zero attached hydrogens (tertiary/aromatic N) is 2. The number of halogens is 1. The van der Waals surface area contributed by atoms with Crippen LogP contribution < -0.4 is 11.1 Å². The van der Waals surface area contributed by atoms with Crippen LogP contribution in [0, 0.1) is 19.7 Å². The molecule has 0 aliphatic carbocycles. The first-order valence-electron chi connectivity index (χ1n) is 10.1. The first-order valence-corrected chi connectivity index (χ1v) is 12.0. The van der Waals surface area contributed by atoms with E-state index in [1.165, 1.54) is 0 Å². The number of fused-ring (bicyclic) bond motifs is 1. The zero-order valence-electron chi connectivity index (χ0n) is 17.7. The molecule has 162 valence electrons. The van der Waals surface area contributed by atoms with Gasteiger partial charge in [0, 0.05) is 16.6 Å². The fraction of sp³-hybridized carbons (Fsp3) is 0.304. The maximum atomic E-state index is 14.7. The second kappa shape index (κ2) is 7.92. The van der Waals surface area contributed by atoms with Crippen molar-refractivity contribution >= 4 is 37.8 Å². The molecule has 0 unspecified atom stereocenters. The smallest absolute Gasteiger partial charge is 0.154 e. The maximum absolute atomic E-state index is 14.7. The molecule has 0 fully saturated rings. The van der Waals surface area contributed by atoms with E-state index in [4.69, 9.17) is 5.73 Å². The van der Waals surface area contributed by atoms with Crippen LogP contribution in [0.2, 0.25) is 0 Å². The van der Waals surface area contributed by atoms with E-state index in [9.17, 15) is 12.8 Å². The number of hydrogen-bond acceptors (Lipinski definition) is 6. The highest BCUT2D eigenvalue weighted by atomic mass is 32.2. The van der Waals surface area contributed by atoms with Crippen molar-refractivity contribution in [3.63, 3.8) is 0 Å². The number of nitrogen functional groups attached to an aromatic ring is 1. The second-order valence-corrected chi connectivity index (χ2v) is 10.3. The number of hydrogen-bond donors (Lipinski definition) is 2. The molecule has 0 saturated carbocycles. The van der Waals surface area contributed by atoms with Crippen LogP contribution in [0.15, 0.2) is 36.4 Å². The van der Waals surface area contributed by atoms with Crippen molar-refractivity contribution < 1.29 is 12.8 Å². The van der Waals surface area contributed by atoms with Crippen LogP contribution in [0.4, 0.5) is 15.9 Å². The highest BCUT2D eigenvalue weighted by Crippen LogP contribution is 2.31. The van der Waals surface area contributed by atoms with Crippen molar-refractivity contribution in [1.82, 2.24) is 9.97 Å². The molecular formula is C23H25FN4O2S. The lowest BCUT2D eigenvalue weighted by molar-refractivity contribution is 0.591. The van der Waals surface area contributed by atoms with Crippen LogP contribution in [0.25, 0.3) is 16.5 Å². The number of benzene rings is 2. The molecule has 1 aliphatic heterocycles. The van der Waals surface area contributed by atoms with Gasteiger partial charge in [-0.15, -0.1) is 0 Å². The van der Waals surface area contributed by atoms with E-state index in [0.717, 1.165) is 22.0 Å². The van der Waals surface area contributed by atoms with Crippen LogP contribution in [0.3, 0.4) is 0 Å². The number of allylic oxidation sites excluding steroid dienone is 1. The average molecular weight is 441 g/mol. The monoisotopic (exact) mass is 440 g/mol. The lowest BCUT2D eigenvalue weighted by Gasteiger charge is -2.19. The van der Waals surface area contributed by atoms with Crippen LogP contribution in [-0.2, 0) is 9.84 Å². The molecule has 3 N–H and O–H groups in total. The highest BCUT2D eigenvalue weighted by molar-refractivity contribution is 7.91. The van der Waals surface area contributed by atoms with Gasteiger partial charge in [0.2, 0.25) is 0 Å². The van der Waals surface area contributed by atoms with Gasteiger partial charge < -0.3 is 11.1 Å². The van der Waals surface area contributed by atoms with Crippen molar-refractivity contribution in [1.29, 1.82) is 0 Å². The third-order valence-electron chi connectivity index (χ3n) is 5.57. The van der Waals surface area contributed by atoms with Crippen molar-refractivity contribution in [3.8, 4) is 0 Å². The third-order valence-corrected chi connectivity index (χ3v) is 7.07. The molecule has 6 nitrogen and oxygen atoms in total. The van der Waals surface area contributed by atoms with Gasteiger partial charge in [0.15, 0.2) is 9.84 Å². The Kier molecular flexibility index (Phi) is 5.43. The van der Waals surface area contributed by atoms with Crippen LogP contribution in [0.1, 0.15) is 41.9 Å². The maximum Gasteiger partial charge on any atom is 0.154 e. The summed E-state index contributed by atoms with van der Waals surface area (Å²) in [6, 6.07) is 8.70. The minimum atomic E-state index is -3.00. The molecule has 0 amide bonds. The van der Waals surface area contributed by atoms with Crippen molar-refractivity contribution in [3.05, 3.63) is 64.7 Å². The SMILES string of the molecule is Cc1nc(N[C@H](C)c2cc(N)cc(C)c2F)c2cc(C3=CCS(=O)(=O)CC3)ccc2n1. The predicted molar refractivity (Wildman–Crippen MR) is 123 cm³/mol. The summed E-state index contributed by atoms with van der Waals surface area (Å²) >= 11 is 0. The summed E-state index contributed by atoms with van der Waals surface area (Å²) in [5.74, 6) is 1.11. The molecule has 1 atom stereocenters. The molecule has 0 spiro atoms. The van der Waals surface area contributed by atoms with Gasteiger partial charge in [-0.05, 0) is 68.2 Å². The standard InChI is InChI=1S/C23H25FN4O2S/c1-13-10-18(25)12-19(22(13)24)14(2)26-23-20-11-17(4-5-21(20)27-15(3)28-23)16-6-8-31(29,30)9-7-16/h4-6,10-12,14H,7-9,25H2,1-3H3,(H,26,27,28)/t14-/m1/s1. The molecule has 2 aromatic carbocycles. The molecule has 0 bridgehead atoms. The van der Waals surface area contributed by atoms with Gasteiger partial charge in [-0.1, -0.05) is 12.1 Å². The summed E-state index contributed by atoms with van der Waals surface area (Å²) in [7, 11) is -3.00. The number of anilines is 2. The number of aryl methyl sites for hydroxylation is 2. The van der Waals surface area contributed by atoms with E-state index in [1.807, 2.05) is 32.0 Å². The summed E-state index contributed by atoms with van der Waals surface area (Å²) in [6.45, 7) is 5.36. The molecule has 2 heterocycles. The fourth-order valence-corrected chi connectivity index (χ4v) is 5.07. The summed E-state index contributed by atoms with van der Waals surface area (Å²) in [6.07, 6.45) is 2.25. The van der Waals surface area contributed by atoms with E-state index < -0.39 is 9.84 Å². The Labute approximate surface area is 181 Å². The van der Waals surface area contributed by atoms with Gasteiger partial charge in [-0.25, -0.2) is 22.8 Å². The fourth-order valence-electron chi connectivity index (χ4n) is 3.92. The summed E-state index contributed by atoms with van der Waals surface area (Å²) in [4.78, 5) is 9.07. The number of aromatic nitrogens is 2. The Bertz CT molecular complexity index is 1320. The second-order valence-electron chi connectivity index (χ2n) is 8.05. The van der Waals surface area contributed by atoms with Gasteiger partial charge >= 0.3 is 0 Å². The molecule has 0 saturated heterocycles. The Morgan fingerprint density at radius 3 is 2.65 bits per heavy atom. The van der Waals surface area contributed by atoms with Gasteiger partial charge in [-0.3, -0.25) is 0 Å². The molecule has 0 radical (unpaired) electrons. The van der Waals surface area contributed by atoms with Crippen molar-refractivity contribution in [2.45, 2.75) is 33.2 Å². The van der Waals surface area contributed by atoms with Crippen LogP contribution >= 0.6 is 0 Å². The Morgan fingerprint density at radius 2 is 1.94 bits per heavy atom. The van der Waals surface area contributed by atoms with E-state index in [2.05, 4.69) is 15.3 Å². The third kappa shape index (κ3) is 4.39. The van der Waals surface area contributed by atoms with Gasteiger partial charge in [0.25, 0.3) is 0 Å². The van der Waals surface area contributed by atoms with E-state index in [-0.39, 0.29) is 23.4 Å². The van der Waals surface area contributed by atoms with Gasteiger partial charge in [0.1, 0.15) is 17.5 Å². The predicted octanol–water partition coefficient (Wildman–Crippen LogP) is 4.34. The molecule has 1 aromatic heterocycles. The quantitative estimate of drug-likeness (QED) is 0.586. The lowest BCUT2D eigenvalue weighted by Crippen LogP contribution is -2.15. The zero-order valence-corrected chi connectivity index (χ0v) is 18.6. The Morgan fingerprint density at radius 1 is 1.16 bits per heavy atom. The molecule has 4 rings (SSSR count). The largest absolute Gasteiger partial charge is 0.399 e. The van der Waals surface area contributed by atoms with E-state index in [1.54, 1.807) is 25.1 Å². The van der Waals surface area contributed by atoms with Crippen molar-refractivity contribution in [2.75, 3.05) is 22.6 Å². The zero-order chi connectivity index (χ0) is 22.3. The number of nitrogens with one attached hydrogen (secondary N) is 1. The topological polar surface area (TPSA) is 98.0 Å². The number of sulfone groups is 1. The van der Waals surface area contributed by atoms with Crippen LogP contribution in [-0.4, -0.2) is 29.9 Å². The molecule has 3 aromatic rings. The van der Waals surface area contributed by atoms with E-state index in [0.29, 0.717) is 34.9 Å². The summed E-state index contributed by atoms with van der Waals surface area (Å²) < 4.78 is 38.2. The first-order chi connectivity index (χ1) is 14.6. The molecule has 8 heteroatoms. The van der Waals surface area contributed by atoms with Crippen LogP contribution in [0.5, 0.6) is 0 Å². The minimum absolute atomic E-state index is 0.0565. The Hall–Kier alpha value is -3.00. The minimum Gasteiger partial charge on any atom is -0.399 e. The number of nitrogens with two attached hydrogens (primary N) is 1. The molecule has 31 heavy (non-hydrogen) atoms. The number of rotatable bonds is 4. The summed E-state index contributed by atoms with van der Waals surface area (Å²) in [5.41, 5.74) is 10.1. The van der Waals surface area contributed by atoms with Gasteiger partial charge in [0.05, 0.1) is 23.1 Å². The first kappa shape index (κ1) is 21.2. The summed E-state index contributed by atoms with van der Waals surface area (Å²) in [5, 5.41) is 4.12. The van der Waals surface area contributed by atoms with E-state index >= 15 is 0 Å². The average Bonchev–Trinajstić information content (AvgIpc) is 2.70. The normalized spacial score (nSPS) is 16.7. The molecule has 1 aliphatic rings.